The lowest BCUT2D eigenvalue weighted by Crippen LogP contribution is -2.30. The third-order valence-electron chi connectivity index (χ3n) is 5.34. The van der Waals surface area contributed by atoms with E-state index in [4.69, 9.17) is 4.99 Å². The zero-order chi connectivity index (χ0) is 18.4. The van der Waals surface area contributed by atoms with E-state index in [-0.39, 0.29) is 12.1 Å². The summed E-state index contributed by atoms with van der Waals surface area (Å²) in [7, 11) is 0. The van der Waals surface area contributed by atoms with Crippen LogP contribution in [0.5, 0.6) is 0 Å². The summed E-state index contributed by atoms with van der Waals surface area (Å²) in [6.45, 7) is 5.47. The minimum atomic E-state index is 0.0267. The van der Waals surface area contributed by atoms with Crippen molar-refractivity contribution in [3.05, 3.63) is 83.9 Å². The molecule has 0 radical (unpaired) electrons. The van der Waals surface area contributed by atoms with Crippen LogP contribution in [0.3, 0.4) is 0 Å². The highest BCUT2D eigenvalue weighted by Gasteiger charge is 2.44. The van der Waals surface area contributed by atoms with E-state index in [2.05, 4.69) is 83.0 Å². The average molecular weight is 375 g/mol. The van der Waals surface area contributed by atoms with Crippen LogP contribution in [0, 0.1) is 6.92 Å². The molecule has 3 atom stereocenters. The van der Waals surface area contributed by atoms with Gasteiger partial charge in [0.1, 0.15) is 6.04 Å². The molecule has 1 aromatic carbocycles. The summed E-state index contributed by atoms with van der Waals surface area (Å²) in [5.41, 5.74) is 4.81. The third-order valence-corrected chi connectivity index (χ3v) is 6.44. The predicted molar refractivity (Wildman–Crippen MR) is 111 cm³/mol. The van der Waals surface area contributed by atoms with Gasteiger partial charge in [0.2, 0.25) is 0 Å². The largest absolute Gasteiger partial charge is 0.339 e. The van der Waals surface area contributed by atoms with Gasteiger partial charge in [-0.3, -0.25) is 9.98 Å². The van der Waals surface area contributed by atoms with E-state index in [9.17, 15) is 0 Å². The molecule has 5 rings (SSSR count). The molecule has 2 aromatic heterocycles. The van der Waals surface area contributed by atoms with Crippen LogP contribution in [-0.2, 0) is 0 Å². The van der Waals surface area contributed by atoms with E-state index in [0.717, 1.165) is 17.4 Å². The normalized spacial score (nSPS) is 24.1. The van der Waals surface area contributed by atoms with Crippen LogP contribution in [-0.4, -0.2) is 31.4 Å². The third kappa shape index (κ3) is 2.77. The molecule has 0 aliphatic carbocycles. The van der Waals surface area contributed by atoms with Gasteiger partial charge >= 0.3 is 0 Å². The zero-order valence-corrected chi connectivity index (χ0v) is 16.3. The number of thioether (sulfide) groups is 1. The SMILES string of the molecule is Cc1ccccc1-n1cccc1[C@H]1[C@H](c2ccccn2)N=C2S[C@@H](C)CN21. The molecule has 27 heavy (non-hydrogen) atoms. The molecule has 0 bridgehead atoms. The fourth-order valence-electron chi connectivity index (χ4n) is 4.13. The van der Waals surface area contributed by atoms with Crippen molar-refractivity contribution in [1.29, 1.82) is 0 Å². The number of para-hydroxylation sites is 1. The number of hydrogen-bond donors (Lipinski definition) is 0. The van der Waals surface area contributed by atoms with E-state index in [1.807, 2.05) is 24.0 Å². The Morgan fingerprint density at radius 1 is 1.04 bits per heavy atom. The first kappa shape index (κ1) is 16.6. The lowest BCUT2D eigenvalue weighted by molar-refractivity contribution is 0.312. The fraction of sp³-hybridized carbons (Fsp3) is 0.273. The molecular weight excluding hydrogens is 352 g/mol. The summed E-state index contributed by atoms with van der Waals surface area (Å²) in [4.78, 5) is 12.2. The summed E-state index contributed by atoms with van der Waals surface area (Å²) >= 11 is 1.88. The molecule has 0 saturated carbocycles. The van der Waals surface area contributed by atoms with Crippen molar-refractivity contribution in [3.63, 3.8) is 0 Å². The van der Waals surface area contributed by atoms with Crippen molar-refractivity contribution in [1.82, 2.24) is 14.5 Å². The minimum absolute atomic E-state index is 0.0267. The number of nitrogens with zero attached hydrogens (tertiary/aromatic N) is 4. The highest BCUT2D eigenvalue weighted by Crippen LogP contribution is 2.47. The second-order valence-corrected chi connectivity index (χ2v) is 8.63. The molecule has 2 aliphatic rings. The van der Waals surface area contributed by atoms with Crippen molar-refractivity contribution in [2.75, 3.05) is 6.54 Å². The van der Waals surface area contributed by atoms with Crippen LogP contribution in [0.15, 0.2) is 72.0 Å². The number of aryl methyl sites for hydroxylation is 1. The quantitative estimate of drug-likeness (QED) is 0.662. The number of aromatic nitrogens is 2. The first-order valence-electron chi connectivity index (χ1n) is 9.37. The van der Waals surface area contributed by atoms with Crippen molar-refractivity contribution >= 4 is 16.9 Å². The molecular formula is C22H22N4S. The number of hydrogen-bond acceptors (Lipinski definition) is 4. The topological polar surface area (TPSA) is 33.4 Å². The number of benzene rings is 1. The highest BCUT2D eigenvalue weighted by atomic mass is 32.2. The Morgan fingerprint density at radius 2 is 1.89 bits per heavy atom. The van der Waals surface area contributed by atoms with Gasteiger partial charge in [-0.15, -0.1) is 0 Å². The Kier molecular flexibility index (Phi) is 4.05. The lowest BCUT2D eigenvalue weighted by atomic mass is 10.0. The van der Waals surface area contributed by atoms with Gasteiger partial charge in [0, 0.05) is 35.6 Å². The van der Waals surface area contributed by atoms with E-state index in [1.165, 1.54) is 16.9 Å². The van der Waals surface area contributed by atoms with E-state index < -0.39 is 0 Å². The van der Waals surface area contributed by atoms with Gasteiger partial charge in [-0.05, 0) is 42.8 Å². The van der Waals surface area contributed by atoms with Gasteiger partial charge in [-0.1, -0.05) is 43.0 Å². The Hall–Kier alpha value is -2.53. The van der Waals surface area contributed by atoms with Gasteiger partial charge in [0.25, 0.3) is 0 Å². The number of fused-ring (bicyclic) bond motifs is 1. The molecule has 4 heterocycles. The average Bonchev–Trinajstić information content (AvgIpc) is 3.36. The van der Waals surface area contributed by atoms with Gasteiger partial charge in [0.05, 0.1) is 11.7 Å². The summed E-state index contributed by atoms with van der Waals surface area (Å²) in [5, 5.41) is 1.72. The van der Waals surface area contributed by atoms with Crippen molar-refractivity contribution in [2.45, 2.75) is 31.2 Å². The molecule has 4 nitrogen and oxygen atoms in total. The van der Waals surface area contributed by atoms with E-state index in [1.54, 1.807) is 0 Å². The zero-order valence-electron chi connectivity index (χ0n) is 15.5. The summed E-state index contributed by atoms with van der Waals surface area (Å²) < 4.78 is 2.32. The summed E-state index contributed by atoms with van der Waals surface area (Å²) in [6, 6.07) is 19.2. The van der Waals surface area contributed by atoms with Crippen molar-refractivity contribution in [2.24, 2.45) is 4.99 Å². The van der Waals surface area contributed by atoms with Gasteiger partial charge in [0.15, 0.2) is 5.17 Å². The fourth-order valence-corrected chi connectivity index (χ4v) is 5.22. The molecule has 0 unspecified atom stereocenters. The van der Waals surface area contributed by atoms with Crippen LogP contribution in [0.4, 0.5) is 0 Å². The molecule has 136 valence electrons. The second kappa shape index (κ2) is 6.57. The number of amidine groups is 1. The molecule has 0 N–H and O–H groups in total. The maximum absolute atomic E-state index is 5.10. The molecule has 0 amide bonds. The highest BCUT2D eigenvalue weighted by molar-refractivity contribution is 8.14. The first-order valence-corrected chi connectivity index (χ1v) is 10.3. The Labute approximate surface area is 164 Å². The summed E-state index contributed by atoms with van der Waals surface area (Å²) in [6.07, 6.45) is 4.03. The monoisotopic (exact) mass is 374 g/mol. The number of pyridine rings is 1. The molecule has 1 fully saturated rings. The van der Waals surface area contributed by atoms with Crippen LogP contribution in [0.2, 0.25) is 0 Å². The maximum Gasteiger partial charge on any atom is 0.160 e. The number of aliphatic imine (C=N–C) groups is 1. The Balaban J connectivity index is 1.63. The Bertz CT molecular complexity index is 994. The van der Waals surface area contributed by atoms with E-state index in [0.29, 0.717) is 5.25 Å². The Morgan fingerprint density at radius 3 is 2.70 bits per heavy atom. The van der Waals surface area contributed by atoms with Crippen LogP contribution in [0.25, 0.3) is 5.69 Å². The summed E-state index contributed by atoms with van der Waals surface area (Å²) in [5.74, 6) is 0. The molecule has 5 heteroatoms. The van der Waals surface area contributed by atoms with Crippen molar-refractivity contribution < 1.29 is 0 Å². The first-order chi connectivity index (χ1) is 13.2. The van der Waals surface area contributed by atoms with Crippen LogP contribution in [0.1, 0.15) is 36.0 Å². The van der Waals surface area contributed by atoms with Gasteiger partial charge in [-0.25, -0.2) is 0 Å². The lowest BCUT2D eigenvalue weighted by Gasteiger charge is -2.28. The van der Waals surface area contributed by atoms with Crippen LogP contribution < -0.4 is 0 Å². The predicted octanol–water partition coefficient (Wildman–Crippen LogP) is 4.77. The van der Waals surface area contributed by atoms with Gasteiger partial charge in [-0.2, -0.15) is 0 Å². The molecule has 0 spiro atoms. The van der Waals surface area contributed by atoms with E-state index >= 15 is 0 Å². The number of rotatable bonds is 3. The standard InChI is InChI=1S/C22H22N4S/c1-15-8-3-4-10-18(15)25-13-7-11-19(25)21-20(17-9-5-6-12-23-17)24-22-26(21)14-16(2)27-22/h3-13,16,20-21H,14H2,1-2H3/t16-,20-,21-/m0/s1. The van der Waals surface area contributed by atoms with Crippen LogP contribution >= 0.6 is 11.8 Å². The molecule has 3 aromatic rings. The smallest absolute Gasteiger partial charge is 0.160 e. The van der Waals surface area contributed by atoms with Crippen molar-refractivity contribution in [3.8, 4) is 5.69 Å². The molecule has 2 aliphatic heterocycles. The second-order valence-electron chi connectivity index (χ2n) is 7.23. The minimum Gasteiger partial charge on any atom is -0.339 e. The molecule has 1 saturated heterocycles. The maximum atomic E-state index is 5.10. The van der Waals surface area contributed by atoms with Gasteiger partial charge < -0.3 is 9.47 Å².